The van der Waals surface area contributed by atoms with E-state index in [2.05, 4.69) is 5.32 Å². The van der Waals surface area contributed by atoms with Crippen LogP contribution in [0.25, 0.3) is 0 Å². The molecule has 0 aliphatic carbocycles. The SMILES string of the molecule is CC(=O)NCCN1CCOCC1=O. The summed E-state index contributed by atoms with van der Waals surface area (Å²) in [7, 11) is 0. The Bertz CT molecular complexity index is 206. The molecule has 0 spiro atoms. The fourth-order valence-corrected chi connectivity index (χ4v) is 1.15. The molecule has 5 nitrogen and oxygen atoms in total. The van der Waals surface area contributed by atoms with E-state index in [9.17, 15) is 9.59 Å². The summed E-state index contributed by atoms with van der Waals surface area (Å²) >= 11 is 0. The molecule has 0 aromatic carbocycles. The fourth-order valence-electron chi connectivity index (χ4n) is 1.15. The molecule has 0 aromatic rings. The van der Waals surface area contributed by atoms with Gasteiger partial charge >= 0.3 is 0 Å². The van der Waals surface area contributed by atoms with Gasteiger partial charge in [-0.3, -0.25) is 9.59 Å². The van der Waals surface area contributed by atoms with Gasteiger partial charge in [0.25, 0.3) is 0 Å². The molecule has 1 saturated heterocycles. The van der Waals surface area contributed by atoms with E-state index in [4.69, 9.17) is 4.74 Å². The molecular weight excluding hydrogens is 172 g/mol. The second kappa shape index (κ2) is 4.81. The van der Waals surface area contributed by atoms with Gasteiger partial charge in [-0.25, -0.2) is 0 Å². The summed E-state index contributed by atoms with van der Waals surface area (Å²) in [6.07, 6.45) is 0. The molecule has 0 bridgehead atoms. The molecule has 1 aliphatic heterocycles. The van der Waals surface area contributed by atoms with Crippen LogP contribution in [0.5, 0.6) is 0 Å². The molecular formula is C8H14N2O3. The molecule has 5 heteroatoms. The Morgan fingerprint density at radius 1 is 1.69 bits per heavy atom. The van der Waals surface area contributed by atoms with Gasteiger partial charge in [-0.2, -0.15) is 0 Å². The lowest BCUT2D eigenvalue weighted by atomic mass is 10.4. The molecule has 13 heavy (non-hydrogen) atoms. The van der Waals surface area contributed by atoms with E-state index < -0.39 is 0 Å². The fraction of sp³-hybridized carbons (Fsp3) is 0.750. The first kappa shape index (κ1) is 9.98. The Morgan fingerprint density at radius 3 is 3.08 bits per heavy atom. The van der Waals surface area contributed by atoms with Crippen molar-refractivity contribution in [2.24, 2.45) is 0 Å². The van der Waals surface area contributed by atoms with Crippen molar-refractivity contribution in [1.29, 1.82) is 0 Å². The van der Waals surface area contributed by atoms with Crippen molar-refractivity contribution in [2.75, 3.05) is 32.8 Å². The molecule has 0 saturated carbocycles. The largest absolute Gasteiger partial charge is 0.370 e. The number of hydrogen-bond donors (Lipinski definition) is 1. The third-order valence-corrected chi connectivity index (χ3v) is 1.84. The maximum absolute atomic E-state index is 11.2. The second-order valence-corrected chi connectivity index (χ2v) is 2.92. The van der Waals surface area contributed by atoms with Crippen molar-refractivity contribution in [3.05, 3.63) is 0 Å². The Morgan fingerprint density at radius 2 is 2.46 bits per heavy atom. The van der Waals surface area contributed by atoms with Crippen molar-refractivity contribution >= 4 is 11.8 Å². The molecule has 1 rings (SSSR count). The highest BCUT2D eigenvalue weighted by molar-refractivity contribution is 5.78. The quantitative estimate of drug-likeness (QED) is 0.614. The van der Waals surface area contributed by atoms with E-state index in [0.29, 0.717) is 26.2 Å². The van der Waals surface area contributed by atoms with Crippen LogP contribution in [-0.4, -0.2) is 49.6 Å². The minimum atomic E-state index is -0.0688. The molecule has 74 valence electrons. The van der Waals surface area contributed by atoms with Gasteiger partial charge in [0, 0.05) is 26.6 Å². The lowest BCUT2D eigenvalue weighted by molar-refractivity contribution is -0.142. The highest BCUT2D eigenvalue weighted by Crippen LogP contribution is 1.96. The van der Waals surface area contributed by atoms with Gasteiger partial charge in [0.05, 0.1) is 6.61 Å². The normalized spacial score (nSPS) is 17.3. The Kier molecular flexibility index (Phi) is 3.70. The second-order valence-electron chi connectivity index (χ2n) is 2.92. The zero-order valence-corrected chi connectivity index (χ0v) is 7.71. The molecule has 0 radical (unpaired) electrons. The average Bonchev–Trinajstić information content (AvgIpc) is 2.08. The van der Waals surface area contributed by atoms with Crippen LogP contribution in [0.4, 0.5) is 0 Å². The number of carbonyl (C=O) groups is 2. The maximum Gasteiger partial charge on any atom is 0.248 e. The van der Waals surface area contributed by atoms with Crippen LogP contribution in [-0.2, 0) is 14.3 Å². The van der Waals surface area contributed by atoms with E-state index in [1.807, 2.05) is 0 Å². The zero-order valence-electron chi connectivity index (χ0n) is 7.71. The van der Waals surface area contributed by atoms with E-state index in [1.165, 1.54) is 6.92 Å². The van der Waals surface area contributed by atoms with Crippen LogP contribution in [0.15, 0.2) is 0 Å². The zero-order chi connectivity index (χ0) is 9.68. The molecule has 1 heterocycles. The first-order chi connectivity index (χ1) is 6.20. The van der Waals surface area contributed by atoms with Crippen molar-refractivity contribution < 1.29 is 14.3 Å². The number of morpholine rings is 1. The number of rotatable bonds is 3. The standard InChI is InChI=1S/C8H14N2O3/c1-7(11)9-2-3-10-4-5-13-6-8(10)12/h2-6H2,1H3,(H,9,11). The highest BCUT2D eigenvalue weighted by Gasteiger charge is 2.17. The van der Waals surface area contributed by atoms with Crippen LogP contribution >= 0.6 is 0 Å². The van der Waals surface area contributed by atoms with Gasteiger partial charge in [-0.05, 0) is 0 Å². The average molecular weight is 186 g/mol. The van der Waals surface area contributed by atoms with Crippen LogP contribution in [0.1, 0.15) is 6.92 Å². The van der Waals surface area contributed by atoms with Crippen molar-refractivity contribution in [2.45, 2.75) is 6.92 Å². The summed E-state index contributed by atoms with van der Waals surface area (Å²) in [5.74, 6) is -0.0719. The lowest BCUT2D eigenvalue weighted by Crippen LogP contribution is -2.45. The van der Waals surface area contributed by atoms with Crippen molar-refractivity contribution in [3.63, 3.8) is 0 Å². The highest BCUT2D eigenvalue weighted by atomic mass is 16.5. The predicted octanol–water partition coefficient (Wildman–Crippen LogP) is -1.02. The number of carbonyl (C=O) groups excluding carboxylic acids is 2. The molecule has 0 unspecified atom stereocenters. The number of hydrogen-bond acceptors (Lipinski definition) is 3. The van der Waals surface area contributed by atoms with Crippen LogP contribution in [0.3, 0.4) is 0 Å². The van der Waals surface area contributed by atoms with Crippen molar-refractivity contribution in [3.8, 4) is 0 Å². The molecule has 1 aliphatic rings. The molecule has 0 aromatic heterocycles. The summed E-state index contributed by atoms with van der Waals surface area (Å²) in [4.78, 5) is 23.4. The predicted molar refractivity (Wildman–Crippen MR) is 46.1 cm³/mol. The van der Waals surface area contributed by atoms with Crippen LogP contribution < -0.4 is 5.32 Å². The molecule has 0 atom stereocenters. The number of ether oxygens (including phenoxy) is 1. The van der Waals surface area contributed by atoms with Gasteiger partial charge in [-0.1, -0.05) is 0 Å². The number of amides is 2. The molecule has 1 N–H and O–H groups in total. The van der Waals surface area contributed by atoms with E-state index in [1.54, 1.807) is 4.90 Å². The Hall–Kier alpha value is -1.10. The topological polar surface area (TPSA) is 58.6 Å². The third kappa shape index (κ3) is 3.42. The smallest absolute Gasteiger partial charge is 0.248 e. The van der Waals surface area contributed by atoms with Gasteiger partial charge in [-0.15, -0.1) is 0 Å². The van der Waals surface area contributed by atoms with Gasteiger partial charge in [0.15, 0.2) is 0 Å². The maximum atomic E-state index is 11.2. The minimum Gasteiger partial charge on any atom is -0.370 e. The third-order valence-electron chi connectivity index (χ3n) is 1.84. The van der Waals surface area contributed by atoms with Gasteiger partial charge in [0.1, 0.15) is 6.61 Å². The van der Waals surface area contributed by atoms with E-state index in [0.717, 1.165) is 0 Å². The molecule has 1 fully saturated rings. The van der Waals surface area contributed by atoms with Gasteiger partial charge in [0.2, 0.25) is 11.8 Å². The lowest BCUT2D eigenvalue weighted by Gasteiger charge is -2.26. The number of nitrogens with one attached hydrogen (secondary N) is 1. The Labute approximate surface area is 77.0 Å². The van der Waals surface area contributed by atoms with E-state index >= 15 is 0 Å². The number of nitrogens with zero attached hydrogens (tertiary/aromatic N) is 1. The first-order valence-electron chi connectivity index (χ1n) is 4.30. The van der Waals surface area contributed by atoms with Crippen LogP contribution in [0.2, 0.25) is 0 Å². The first-order valence-corrected chi connectivity index (χ1v) is 4.30. The van der Waals surface area contributed by atoms with E-state index in [-0.39, 0.29) is 18.4 Å². The summed E-state index contributed by atoms with van der Waals surface area (Å²) in [6, 6.07) is 0. The monoisotopic (exact) mass is 186 g/mol. The van der Waals surface area contributed by atoms with Crippen LogP contribution in [0, 0.1) is 0 Å². The minimum absolute atomic E-state index is 0.00315. The molecule has 2 amide bonds. The van der Waals surface area contributed by atoms with Gasteiger partial charge < -0.3 is 15.0 Å². The summed E-state index contributed by atoms with van der Waals surface area (Å²) in [5.41, 5.74) is 0. The summed E-state index contributed by atoms with van der Waals surface area (Å²) < 4.78 is 4.96. The Balaban J connectivity index is 2.19. The van der Waals surface area contributed by atoms with Crippen molar-refractivity contribution in [1.82, 2.24) is 10.2 Å². The summed E-state index contributed by atoms with van der Waals surface area (Å²) in [6.45, 7) is 3.92. The summed E-state index contributed by atoms with van der Waals surface area (Å²) in [5, 5.41) is 2.64.